The second kappa shape index (κ2) is 16.6. The van der Waals surface area contributed by atoms with E-state index in [0.29, 0.717) is 24.3 Å². The van der Waals surface area contributed by atoms with E-state index in [1.165, 1.54) is 31.1 Å². The summed E-state index contributed by atoms with van der Waals surface area (Å²) in [6.45, 7) is 10.8. The fraction of sp³-hybridized carbons (Fsp3) is 0.632. The number of ether oxygens (including phenoxy) is 5. The molecule has 0 radical (unpaired) electrons. The minimum Gasteiger partial charge on any atom is -0.495 e. The maximum Gasteiger partial charge on any atom is 0.409 e. The molecule has 3 heterocycles. The molecule has 4 rings (SSSR count). The molecule has 2 N–H and O–H groups in total. The van der Waals surface area contributed by atoms with Crippen molar-refractivity contribution in [1.82, 2.24) is 10.2 Å². The molecule has 0 unspecified atom stereocenters. The number of amides is 3. The van der Waals surface area contributed by atoms with Gasteiger partial charge in [0, 0.05) is 44.7 Å². The van der Waals surface area contributed by atoms with Crippen LogP contribution in [0.1, 0.15) is 72.8 Å². The molecule has 2 fully saturated rings. The largest absolute Gasteiger partial charge is 0.495 e. The van der Waals surface area contributed by atoms with Crippen LogP contribution >= 0.6 is 24.2 Å². The van der Waals surface area contributed by atoms with Crippen molar-refractivity contribution in [3.8, 4) is 5.75 Å². The highest BCUT2D eigenvalue weighted by atomic mass is 35.5. The summed E-state index contributed by atoms with van der Waals surface area (Å²) < 4.78 is 28.8. The topological polar surface area (TPSA) is 156 Å². The fourth-order valence-electron chi connectivity index (χ4n) is 6.81. The van der Waals surface area contributed by atoms with Crippen LogP contribution < -0.4 is 15.0 Å². The molecule has 0 spiro atoms. The minimum atomic E-state index is -1.83. The third kappa shape index (κ3) is 9.88. The number of esters is 1. The summed E-state index contributed by atoms with van der Waals surface area (Å²) in [4.78, 5) is 56.5. The number of nitrogens with one attached hydrogen (secondary N) is 1. The van der Waals surface area contributed by atoms with Gasteiger partial charge in [-0.1, -0.05) is 56.2 Å². The van der Waals surface area contributed by atoms with E-state index in [9.17, 15) is 24.3 Å². The van der Waals surface area contributed by atoms with Crippen LogP contribution in [0.5, 0.6) is 5.75 Å². The van der Waals surface area contributed by atoms with Crippen molar-refractivity contribution in [2.45, 2.75) is 120 Å². The number of aliphatic hydroxyl groups is 1. The van der Waals surface area contributed by atoms with E-state index in [1.54, 1.807) is 52.1 Å². The van der Waals surface area contributed by atoms with Crippen LogP contribution in [0.3, 0.4) is 0 Å². The zero-order valence-corrected chi connectivity index (χ0v) is 33.9. The Hall–Kier alpha value is -3.30. The van der Waals surface area contributed by atoms with Crippen molar-refractivity contribution in [2.24, 2.45) is 5.92 Å². The molecular weight excluding hydrogens is 726 g/mol. The van der Waals surface area contributed by atoms with Crippen LogP contribution in [0, 0.1) is 5.92 Å². The molecule has 53 heavy (non-hydrogen) atoms. The lowest BCUT2D eigenvalue weighted by atomic mass is 9.83. The van der Waals surface area contributed by atoms with E-state index in [-0.39, 0.29) is 34.9 Å². The first-order chi connectivity index (χ1) is 24.6. The normalized spacial score (nSPS) is 31.5. The molecule has 13 nitrogen and oxygen atoms in total. The number of hydrogen-bond acceptors (Lipinski definition) is 11. The molecule has 15 heteroatoms. The van der Waals surface area contributed by atoms with Gasteiger partial charge in [-0.2, -0.15) is 12.6 Å². The molecule has 0 saturated carbocycles. The Balaban J connectivity index is 1.74. The SMILES string of the molecule is COc1cc2cc(c1Cl)N(C)C(=O)C[C@@H](OC(=O)[C@H](C)N(C)C(=O)CCC(C)(C)S)[C@]1(C)O[C@@H]1[C@H](C)[C@@H]1C[C@@](O)(NC(=O)O1)[C@H](OC)/C=C/C=C(/C)C2. The zero-order chi connectivity index (χ0) is 39.6. The number of alkyl carbamates (subject to hydrolysis) is 1. The van der Waals surface area contributed by atoms with Gasteiger partial charge in [0.25, 0.3) is 0 Å². The average molecular weight is 780 g/mol. The molecular formula is C38H54ClN3O10S. The summed E-state index contributed by atoms with van der Waals surface area (Å²) in [7, 11) is 6.02. The average Bonchev–Trinajstić information content (AvgIpc) is 3.78. The molecule has 1 aromatic carbocycles. The fourth-order valence-corrected chi connectivity index (χ4v) is 7.23. The summed E-state index contributed by atoms with van der Waals surface area (Å²) in [6, 6.07) is 2.60. The van der Waals surface area contributed by atoms with E-state index in [2.05, 4.69) is 17.9 Å². The number of epoxide rings is 1. The predicted molar refractivity (Wildman–Crippen MR) is 203 cm³/mol. The number of halogens is 1. The lowest BCUT2D eigenvalue weighted by Crippen LogP contribution is -2.63. The van der Waals surface area contributed by atoms with Crippen LogP contribution in [0.15, 0.2) is 35.9 Å². The summed E-state index contributed by atoms with van der Waals surface area (Å²) in [5.74, 6) is -1.58. The van der Waals surface area contributed by atoms with Gasteiger partial charge < -0.3 is 38.6 Å². The van der Waals surface area contributed by atoms with Crippen molar-refractivity contribution in [3.05, 3.63) is 46.5 Å². The van der Waals surface area contributed by atoms with Crippen LogP contribution in [0.2, 0.25) is 5.02 Å². The van der Waals surface area contributed by atoms with E-state index < -0.39 is 65.7 Å². The Morgan fingerprint density at radius 2 is 1.94 bits per heavy atom. The third-order valence-corrected chi connectivity index (χ3v) is 11.1. The molecule has 0 aromatic heterocycles. The maximum absolute atomic E-state index is 14.1. The van der Waals surface area contributed by atoms with Crippen molar-refractivity contribution in [2.75, 3.05) is 33.2 Å². The Morgan fingerprint density at radius 3 is 2.57 bits per heavy atom. The van der Waals surface area contributed by atoms with Crippen molar-refractivity contribution >= 4 is 53.8 Å². The van der Waals surface area contributed by atoms with E-state index in [1.807, 2.05) is 26.8 Å². The van der Waals surface area contributed by atoms with E-state index in [4.69, 9.17) is 35.3 Å². The number of fused-ring (bicyclic) bond motifs is 5. The number of thiol groups is 1. The molecule has 294 valence electrons. The molecule has 8 atom stereocenters. The number of benzene rings is 1. The van der Waals surface area contributed by atoms with Gasteiger partial charge in [-0.05, 0) is 51.3 Å². The standard InChI is InChI=1S/C38H54ClN3O10S/c1-21-12-11-13-28(49-10)38(47)20-27(50-35(46)40-38)22(2)33-37(6,52-33)29(51-34(45)23(3)41(7)30(43)14-15-36(4,5)53)19-31(44)42(8)25-17-24(16-21)18-26(48-9)32(25)39/h11-13,17-18,22-23,27-29,33,47,53H,14-16,19-20H2,1-10H3,(H,40,46)/b13-11+,21-12-/t22-,23+,27+,28-,29-,33-,37+,38+/m1/s1. The number of carbonyl (C=O) groups is 4. The highest BCUT2D eigenvalue weighted by Gasteiger charge is 2.64. The molecule has 1 aromatic rings. The smallest absolute Gasteiger partial charge is 0.409 e. The minimum absolute atomic E-state index is 0.0509. The van der Waals surface area contributed by atoms with Gasteiger partial charge in [0.2, 0.25) is 11.8 Å². The molecule has 3 aliphatic heterocycles. The number of hydrogen-bond donors (Lipinski definition) is 3. The van der Waals surface area contributed by atoms with Gasteiger partial charge in [-0.3, -0.25) is 14.9 Å². The lowest BCUT2D eigenvalue weighted by Gasteiger charge is -2.42. The second-order valence-electron chi connectivity index (χ2n) is 15.2. The lowest BCUT2D eigenvalue weighted by molar-refractivity contribution is -0.162. The summed E-state index contributed by atoms with van der Waals surface area (Å²) in [6.07, 6.45) is 1.61. The van der Waals surface area contributed by atoms with Gasteiger partial charge in [0.1, 0.15) is 40.7 Å². The summed E-state index contributed by atoms with van der Waals surface area (Å²) >= 11 is 11.3. The Bertz CT molecular complexity index is 1630. The quantitative estimate of drug-likeness (QED) is 0.187. The van der Waals surface area contributed by atoms with Gasteiger partial charge >= 0.3 is 12.1 Å². The van der Waals surface area contributed by atoms with Crippen molar-refractivity contribution < 1.29 is 48.0 Å². The molecule has 2 saturated heterocycles. The first-order valence-electron chi connectivity index (χ1n) is 17.7. The third-order valence-electron chi connectivity index (χ3n) is 10.5. The van der Waals surface area contributed by atoms with Gasteiger partial charge in [-0.15, -0.1) is 0 Å². The Kier molecular flexibility index (Phi) is 13.3. The second-order valence-corrected chi connectivity index (χ2v) is 16.8. The number of allylic oxidation sites excluding steroid dienone is 3. The van der Waals surface area contributed by atoms with Crippen LogP contribution in [-0.4, -0.2) is 109 Å². The first-order valence-corrected chi connectivity index (χ1v) is 18.5. The number of rotatable bonds is 8. The van der Waals surface area contributed by atoms with Gasteiger partial charge in [-0.25, -0.2) is 9.59 Å². The van der Waals surface area contributed by atoms with Crippen molar-refractivity contribution in [1.29, 1.82) is 0 Å². The van der Waals surface area contributed by atoms with Crippen LogP contribution in [0.25, 0.3) is 0 Å². The summed E-state index contributed by atoms with van der Waals surface area (Å²) in [5, 5.41) is 14.5. The molecule has 3 aliphatic rings. The first kappa shape index (κ1) is 42.4. The van der Waals surface area contributed by atoms with E-state index in [0.717, 1.165) is 11.1 Å². The molecule has 3 amide bonds. The summed E-state index contributed by atoms with van der Waals surface area (Å²) in [5.41, 5.74) is -0.916. The number of likely N-dealkylation sites (N-methyl/N-ethyl adjacent to an activating group) is 1. The molecule has 4 bridgehead atoms. The Labute approximate surface area is 322 Å². The number of carbonyl (C=O) groups excluding carboxylic acids is 4. The number of anilines is 1. The maximum atomic E-state index is 14.1. The molecule has 0 aliphatic carbocycles. The number of methoxy groups -OCH3 is 2. The van der Waals surface area contributed by atoms with E-state index >= 15 is 0 Å². The van der Waals surface area contributed by atoms with Gasteiger partial charge in [0.05, 0.1) is 25.3 Å². The number of nitrogens with zero attached hydrogens (tertiary/aromatic N) is 2. The van der Waals surface area contributed by atoms with Crippen LogP contribution in [-0.2, 0) is 39.8 Å². The van der Waals surface area contributed by atoms with Gasteiger partial charge in [0.15, 0.2) is 5.72 Å². The monoisotopic (exact) mass is 779 g/mol. The Morgan fingerprint density at radius 1 is 1.26 bits per heavy atom. The highest BCUT2D eigenvalue weighted by molar-refractivity contribution is 7.81. The predicted octanol–water partition coefficient (Wildman–Crippen LogP) is 5.00. The zero-order valence-electron chi connectivity index (χ0n) is 32.2. The highest BCUT2D eigenvalue weighted by Crippen LogP contribution is 2.49. The van der Waals surface area contributed by atoms with Crippen molar-refractivity contribution in [3.63, 3.8) is 0 Å². The van der Waals surface area contributed by atoms with Crippen LogP contribution in [0.4, 0.5) is 10.5 Å².